The lowest BCUT2D eigenvalue weighted by molar-refractivity contribution is -0.130. The number of benzene rings is 2. The van der Waals surface area contributed by atoms with Crippen LogP contribution >= 0.6 is 34.8 Å². The van der Waals surface area contributed by atoms with Crippen LogP contribution in [0.3, 0.4) is 0 Å². The fraction of sp³-hybridized carbons (Fsp3) is 0.0800. The number of ketones is 1. The summed E-state index contributed by atoms with van der Waals surface area (Å²) in [6.07, 6.45) is 1.60. The number of aromatic nitrogens is 1. The van der Waals surface area contributed by atoms with Crippen molar-refractivity contribution >= 4 is 57.5 Å². The van der Waals surface area contributed by atoms with Crippen LogP contribution in [0.1, 0.15) is 27.9 Å². The number of furan rings is 1. The van der Waals surface area contributed by atoms with Crippen LogP contribution in [0.25, 0.3) is 11.0 Å². The molecule has 6 nitrogen and oxygen atoms in total. The first kappa shape index (κ1) is 22.5. The molecule has 4 aromatic rings. The van der Waals surface area contributed by atoms with Crippen molar-refractivity contribution in [3.63, 3.8) is 0 Å². The van der Waals surface area contributed by atoms with Crippen LogP contribution in [0, 0.1) is 0 Å². The largest absolute Gasteiger partial charge is 0.503 e. The number of halogens is 3. The van der Waals surface area contributed by atoms with Gasteiger partial charge in [0.15, 0.2) is 11.5 Å². The summed E-state index contributed by atoms with van der Waals surface area (Å²) >= 11 is 18.4. The Labute approximate surface area is 209 Å². The van der Waals surface area contributed by atoms with Gasteiger partial charge in [-0.1, -0.05) is 46.9 Å². The van der Waals surface area contributed by atoms with Crippen LogP contribution in [0.15, 0.2) is 82.6 Å². The van der Waals surface area contributed by atoms with Crippen molar-refractivity contribution in [2.75, 3.05) is 0 Å². The number of rotatable bonds is 5. The van der Waals surface area contributed by atoms with Crippen molar-refractivity contribution in [2.45, 2.75) is 12.6 Å². The average Bonchev–Trinajstić information content (AvgIpc) is 3.35. The molecule has 0 fully saturated rings. The summed E-state index contributed by atoms with van der Waals surface area (Å²) in [5, 5.41) is 12.5. The highest BCUT2D eigenvalue weighted by atomic mass is 35.5. The predicted octanol–water partition coefficient (Wildman–Crippen LogP) is 6.57. The maximum atomic E-state index is 13.6. The van der Waals surface area contributed by atoms with Gasteiger partial charge >= 0.3 is 0 Å². The standard InChI is InChI=1S/C25H15Cl3N2O4/c26-15-5-7-19-14(9-15)11-20(34-19)23(31)21-22(13-4-6-17(27)18(28)10-13)30(25(33)24(21)32)12-16-3-1-2-8-29-16/h1-11,22,32H,12H2. The van der Waals surface area contributed by atoms with Crippen molar-refractivity contribution in [1.82, 2.24) is 9.88 Å². The van der Waals surface area contributed by atoms with Crippen LogP contribution in [0.4, 0.5) is 0 Å². The minimum absolute atomic E-state index is 0.0311. The number of carbonyl (C=O) groups is 2. The van der Waals surface area contributed by atoms with Crippen molar-refractivity contribution < 1.29 is 19.1 Å². The number of nitrogens with zero attached hydrogens (tertiary/aromatic N) is 2. The van der Waals surface area contributed by atoms with E-state index in [9.17, 15) is 14.7 Å². The quantitative estimate of drug-likeness (QED) is 0.305. The number of aliphatic hydroxyl groups excluding tert-OH is 1. The molecule has 34 heavy (non-hydrogen) atoms. The highest BCUT2D eigenvalue weighted by molar-refractivity contribution is 6.42. The molecule has 5 rings (SSSR count). The summed E-state index contributed by atoms with van der Waals surface area (Å²) in [7, 11) is 0. The minimum Gasteiger partial charge on any atom is -0.503 e. The second-order valence-electron chi connectivity index (χ2n) is 7.71. The van der Waals surface area contributed by atoms with E-state index in [1.54, 1.807) is 60.8 Å². The Balaban J connectivity index is 1.62. The molecule has 0 saturated carbocycles. The van der Waals surface area contributed by atoms with Crippen molar-refractivity contribution in [3.8, 4) is 0 Å². The Bertz CT molecular complexity index is 1480. The van der Waals surface area contributed by atoms with E-state index in [1.807, 2.05) is 0 Å². The summed E-state index contributed by atoms with van der Waals surface area (Å²) < 4.78 is 5.72. The van der Waals surface area contributed by atoms with Crippen molar-refractivity contribution in [2.24, 2.45) is 0 Å². The monoisotopic (exact) mass is 512 g/mol. The first-order valence-electron chi connectivity index (χ1n) is 10.2. The van der Waals surface area contributed by atoms with Gasteiger partial charge in [-0.15, -0.1) is 0 Å². The lowest BCUT2D eigenvalue weighted by atomic mass is 9.95. The third-order valence-corrected chi connectivity index (χ3v) is 6.54. The van der Waals surface area contributed by atoms with Gasteiger partial charge in [0.2, 0.25) is 5.78 Å². The molecule has 170 valence electrons. The first-order valence-corrected chi connectivity index (χ1v) is 11.3. The van der Waals surface area contributed by atoms with Crippen LogP contribution in [0.5, 0.6) is 0 Å². The zero-order valence-electron chi connectivity index (χ0n) is 17.3. The molecule has 1 amide bonds. The zero-order chi connectivity index (χ0) is 24.0. The van der Waals surface area contributed by atoms with E-state index in [4.69, 9.17) is 39.2 Å². The second-order valence-corrected chi connectivity index (χ2v) is 8.97. The van der Waals surface area contributed by atoms with Gasteiger partial charge in [0.25, 0.3) is 5.91 Å². The number of hydrogen-bond donors (Lipinski definition) is 1. The predicted molar refractivity (Wildman–Crippen MR) is 129 cm³/mol. The van der Waals surface area contributed by atoms with Crippen LogP contribution < -0.4 is 0 Å². The summed E-state index contributed by atoms with van der Waals surface area (Å²) in [5.41, 5.74) is 1.42. The fourth-order valence-electron chi connectivity index (χ4n) is 4.00. The molecule has 2 aromatic heterocycles. The van der Waals surface area contributed by atoms with Crippen LogP contribution in [0.2, 0.25) is 15.1 Å². The number of pyridine rings is 1. The van der Waals surface area contributed by atoms with E-state index >= 15 is 0 Å². The Morgan fingerprint density at radius 3 is 2.59 bits per heavy atom. The Hall–Kier alpha value is -3.32. The molecule has 0 aliphatic carbocycles. The zero-order valence-corrected chi connectivity index (χ0v) is 19.6. The molecule has 1 aliphatic rings. The molecule has 0 saturated heterocycles. The summed E-state index contributed by atoms with van der Waals surface area (Å²) in [6, 6.07) is 15.6. The molecule has 3 heterocycles. The fourth-order valence-corrected chi connectivity index (χ4v) is 4.49. The lowest BCUT2D eigenvalue weighted by Crippen LogP contribution is -2.31. The number of aliphatic hydroxyl groups is 1. The van der Waals surface area contributed by atoms with Gasteiger partial charge in [0.05, 0.1) is 33.9 Å². The maximum absolute atomic E-state index is 13.6. The smallest absolute Gasteiger partial charge is 0.290 e. The molecule has 2 aromatic carbocycles. The molecular formula is C25H15Cl3N2O4. The number of carbonyl (C=O) groups excluding carboxylic acids is 2. The molecule has 0 bridgehead atoms. The summed E-state index contributed by atoms with van der Waals surface area (Å²) in [5.74, 6) is -2.02. The van der Waals surface area contributed by atoms with Crippen molar-refractivity contribution in [1.29, 1.82) is 0 Å². The number of Topliss-reactive ketones (excluding diaryl/α,β-unsaturated/α-hetero) is 1. The molecule has 0 spiro atoms. The van der Waals surface area contributed by atoms with E-state index in [2.05, 4.69) is 4.98 Å². The number of hydrogen-bond acceptors (Lipinski definition) is 5. The van der Waals surface area contributed by atoms with Gasteiger partial charge < -0.3 is 14.4 Å². The molecule has 1 unspecified atom stereocenters. The SMILES string of the molecule is O=C(C1=C(O)C(=O)N(Cc2ccccn2)C1c1ccc(Cl)c(Cl)c1)c1cc2cc(Cl)ccc2o1. The third kappa shape index (κ3) is 3.94. The molecule has 9 heteroatoms. The topological polar surface area (TPSA) is 83.6 Å². The van der Waals surface area contributed by atoms with Gasteiger partial charge in [-0.3, -0.25) is 14.6 Å². The van der Waals surface area contributed by atoms with Crippen LogP contribution in [-0.2, 0) is 11.3 Å². The van der Waals surface area contributed by atoms with Gasteiger partial charge in [0, 0.05) is 16.6 Å². The Morgan fingerprint density at radius 1 is 1.03 bits per heavy atom. The van der Waals surface area contributed by atoms with E-state index in [0.717, 1.165) is 0 Å². The first-order chi connectivity index (χ1) is 16.3. The maximum Gasteiger partial charge on any atom is 0.290 e. The summed E-state index contributed by atoms with van der Waals surface area (Å²) in [4.78, 5) is 32.4. The van der Waals surface area contributed by atoms with Gasteiger partial charge in [0.1, 0.15) is 5.58 Å². The number of fused-ring (bicyclic) bond motifs is 1. The van der Waals surface area contributed by atoms with Crippen molar-refractivity contribution in [3.05, 3.63) is 110 Å². The number of amides is 1. The van der Waals surface area contributed by atoms with E-state index < -0.39 is 23.5 Å². The van der Waals surface area contributed by atoms with Gasteiger partial charge in [-0.05, 0) is 54.1 Å². The average molecular weight is 514 g/mol. The molecule has 1 atom stereocenters. The van der Waals surface area contributed by atoms with Gasteiger partial charge in [-0.25, -0.2) is 0 Å². The lowest BCUT2D eigenvalue weighted by Gasteiger charge is -2.26. The normalized spacial score (nSPS) is 16.0. The van der Waals surface area contributed by atoms with Crippen LogP contribution in [-0.4, -0.2) is 26.7 Å². The molecular weight excluding hydrogens is 499 g/mol. The van der Waals surface area contributed by atoms with E-state index in [-0.39, 0.29) is 22.9 Å². The highest BCUT2D eigenvalue weighted by Crippen LogP contribution is 2.41. The highest BCUT2D eigenvalue weighted by Gasteiger charge is 2.44. The minimum atomic E-state index is -0.937. The van der Waals surface area contributed by atoms with E-state index in [1.165, 1.54) is 11.0 Å². The summed E-state index contributed by atoms with van der Waals surface area (Å²) in [6.45, 7) is 0.0567. The van der Waals surface area contributed by atoms with E-state index in [0.29, 0.717) is 32.3 Å². The van der Waals surface area contributed by atoms with Gasteiger partial charge in [-0.2, -0.15) is 0 Å². The second kappa shape index (κ2) is 8.80. The Kier molecular flexibility index (Phi) is 5.81. The molecule has 1 N–H and O–H groups in total. The Morgan fingerprint density at radius 2 is 1.85 bits per heavy atom. The molecule has 1 aliphatic heterocycles. The third-order valence-electron chi connectivity index (χ3n) is 5.57. The molecule has 0 radical (unpaired) electrons.